The zero-order chi connectivity index (χ0) is 33.6. The molecule has 4 heterocycles. The van der Waals surface area contributed by atoms with Crippen molar-refractivity contribution in [2.24, 2.45) is 0 Å². The third-order valence-electron chi connectivity index (χ3n) is 7.73. The second-order valence-electron chi connectivity index (χ2n) is 12.1. The van der Waals surface area contributed by atoms with Gasteiger partial charge in [0, 0.05) is 46.4 Å². The number of fused-ring (bicyclic) bond motifs is 1. The molecule has 250 valence electrons. The molecule has 0 atom stereocenters. The number of ether oxygens (including phenoxy) is 2. The van der Waals surface area contributed by atoms with E-state index in [1.807, 2.05) is 16.7 Å². The van der Waals surface area contributed by atoms with Crippen LogP contribution in [0.3, 0.4) is 0 Å². The number of anilines is 3. The fourth-order valence-corrected chi connectivity index (χ4v) is 5.60. The lowest BCUT2D eigenvalue weighted by Crippen LogP contribution is -2.52. The number of hydrogen-bond donors (Lipinski definition) is 1. The number of amides is 2. The van der Waals surface area contributed by atoms with Crippen molar-refractivity contribution in [3.8, 4) is 0 Å². The fraction of sp³-hybridized carbons (Fsp3) is 0.552. The van der Waals surface area contributed by atoms with Crippen molar-refractivity contribution in [1.29, 1.82) is 0 Å². The number of nitrogens with one attached hydrogen (secondary N) is 1. The average molecular weight is 669 g/mol. The van der Waals surface area contributed by atoms with Crippen LogP contribution in [0.4, 0.5) is 35.3 Å². The summed E-state index contributed by atoms with van der Waals surface area (Å²) in [6.07, 6.45) is -4.71. The van der Waals surface area contributed by atoms with Gasteiger partial charge < -0.3 is 34.1 Å². The summed E-state index contributed by atoms with van der Waals surface area (Å²) < 4.78 is 53.0. The lowest BCUT2D eigenvalue weighted by atomic mass is 10.2. The van der Waals surface area contributed by atoms with Crippen LogP contribution in [-0.4, -0.2) is 94.1 Å². The number of carbonyl (C=O) groups is 2. The normalized spacial score (nSPS) is 16.2. The van der Waals surface area contributed by atoms with Crippen LogP contribution in [0.15, 0.2) is 23.0 Å². The van der Waals surface area contributed by atoms with E-state index in [1.165, 1.54) is 0 Å². The first-order chi connectivity index (χ1) is 21.6. The summed E-state index contributed by atoms with van der Waals surface area (Å²) in [5.41, 5.74) is -1.20. The number of rotatable bonds is 7. The van der Waals surface area contributed by atoms with Crippen molar-refractivity contribution in [2.45, 2.75) is 58.5 Å². The van der Waals surface area contributed by atoms with Crippen LogP contribution in [0.5, 0.6) is 0 Å². The summed E-state index contributed by atoms with van der Waals surface area (Å²) in [4.78, 5) is 49.9. The van der Waals surface area contributed by atoms with Crippen molar-refractivity contribution >= 4 is 46.7 Å². The summed E-state index contributed by atoms with van der Waals surface area (Å²) in [5, 5.41) is 6.79. The van der Waals surface area contributed by atoms with Crippen molar-refractivity contribution in [1.82, 2.24) is 24.1 Å². The maximum atomic E-state index is 14.0. The molecule has 5 rings (SSSR count). The minimum absolute atomic E-state index is 0.00149. The number of alkyl halides is 3. The summed E-state index contributed by atoms with van der Waals surface area (Å²) in [7, 11) is 1.60. The Kier molecular flexibility index (Phi) is 9.14. The first kappa shape index (κ1) is 33.3. The van der Waals surface area contributed by atoms with Crippen molar-refractivity contribution in [3.05, 3.63) is 44.8 Å². The molecule has 0 radical (unpaired) electrons. The SMILES string of the molecule is CCc1c(N2CCN(C(=O)OC(C)(C)C)CC2)c(=O)n2nc(N3CC(OC)C3)nc2n1CC(=O)Nc1ccc(C(F)(F)F)cc1Cl. The molecule has 2 aromatic heterocycles. The summed E-state index contributed by atoms with van der Waals surface area (Å²) >= 11 is 6.09. The van der Waals surface area contributed by atoms with Crippen molar-refractivity contribution < 1.29 is 32.2 Å². The van der Waals surface area contributed by atoms with Gasteiger partial charge in [-0.2, -0.15) is 22.7 Å². The first-order valence-corrected chi connectivity index (χ1v) is 15.2. The molecule has 2 amide bonds. The van der Waals surface area contributed by atoms with Crippen LogP contribution >= 0.6 is 11.6 Å². The standard InChI is InChI=1S/C29H36ClF3N8O5/c1-6-21-23(37-9-11-38(12-10-37)27(44)46-28(2,3)4)24(43)41-26(35-25(36-41)39-14-18(15-39)45-5)40(21)16-22(42)34-20-8-7-17(13-19(20)30)29(31,32)33/h7-8,13,18H,6,9-12,14-16H2,1-5H3,(H,34,42). The maximum Gasteiger partial charge on any atom is 0.416 e. The molecule has 0 bridgehead atoms. The van der Waals surface area contributed by atoms with Crippen molar-refractivity contribution in [2.75, 3.05) is 61.5 Å². The van der Waals surface area contributed by atoms with Gasteiger partial charge in [-0.1, -0.05) is 18.5 Å². The molecule has 46 heavy (non-hydrogen) atoms. The van der Waals surface area contributed by atoms with Gasteiger partial charge in [-0.05, 0) is 45.4 Å². The molecule has 0 spiro atoms. The van der Waals surface area contributed by atoms with E-state index in [9.17, 15) is 27.6 Å². The average Bonchev–Trinajstić information content (AvgIpc) is 3.39. The maximum absolute atomic E-state index is 14.0. The summed E-state index contributed by atoms with van der Waals surface area (Å²) in [6, 6.07) is 2.66. The van der Waals surface area contributed by atoms with E-state index in [-0.39, 0.29) is 29.1 Å². The number of nitrogens with zero attached hydrogens (tertiary/aromatic N) is 7. The molecule has 2 fully saturated rings. The molecule has 2 aliphatic rings. The number of methoxy groups -OCH3 is 1. The van der Waals surface area contributed by atoms with Crippen LogP contribution in [0.1, 0.15) is 39.0 Å². The van der Waals surface area contributed by atoms with Gasteiger partial charge in [0.1, 0.15) is 17.8 Å². The van der Waals surface area contributed by atoms with Gasteiger partial charge in [-0.3, -0.25) is 9.59 Å². The van der Waals surface area contributed by atoms with Gasteiger partial charge in [0.05, 0.1) is 28.1 Å². The lowest BCUT2D eigenvalue weighted by molar-refractivity contribution is -0.137. The third kappa shape index (κ3) is 6.87. The summed E-state index contributed by atoms with van der Waals surface area (Å²) in [5.74, 6) is -0.183. The third-order valence-corrected chi connectivity index (χ3v) is 8.05. The van der Waals surface area contributed by atoms with E-state index >= 15 is 0 Å². The molecule has 1 aromatic carbocycles. The topological polar surface area (TPSA) is 127 Å². The number of benzene rings is 1. The Labute approximate surface area is 267 Å². The molecular formula is C29H36ClF3N8O5. The highest BCUT2D eigenvalue weighted by Crippen LogP contribution is 2.34. The zero-order valence-corrected chi connectivity index (χ0v) is 26.9. The molecule has 2 aliphatic heterocycles. The minimum atomic E-state index is -4.59. The van der Waals surface area contributed by atoms with Crippen LogP contribution in [-0.2, 0) is 33.4 Å². The predicted octanol–water partition coefficient (Wildman–Crippen LogP) is 3.66. The van der Waals surface area contributed by atoms with Gasteiger partial charge in [0.25, 0.3) is 5.56 Å². The lowest BCUT2D eigenvalue weighted by Gasteiger charge is -2.37. The van der Waals surface area contributed by atoms with Gasteiger partial charge in [-0.25, -0.2) is 4.79 Å². The van der Waals surface area contributed by atoms with E-state index < -0.39 is 34.9 Å². The second-order valence-corrected chi connectivity index (χ2v) is 12.5. The largest absolute Gasteiger partial charge is 0.444 e. The van der Waals surface area contributed by atoms with Gasteiger partial charge in [0.15, 0.2) is 0 Å². The highest BCUT2D eigenvalue weighted by Gasteiger charge is 2.34. The minimum Gasteiger partial charge on any atom is -0.444 e. The molecular weight excluding hydrogens is 633 g/mol. The quantitative estimate of drug-likeness (QED) is 0.402. The monoisotopic (exact) mass is 668 g/mol. The fourth-order valence-electron chi connectivity index (χ4n) is 5.37. The Hall–Kier alpha value is -4.05. The number of halogens is 4. The molecule has 3 aromatic rings. The van der Waals surface area contributed by atoms with Crippen LogP contribution in [0.25, 0.3) is 5.78 Å². The smallest absolute Gasteiger partial charge is 0.416 e. The molecule has 17 heteroatoms. The zero-order valence-electron chi connectivity index (χ0n) is 26.1. The summed E-state index contributed by atoms with van der Waals surface area (Å²) in [6.45, 7) is 9.16. The molecule has 0 saturated carbocycles. The highest BCUT2D eigenvalue weighted by atomic mass is 35.5. The Morgan fingerprint density at radius 2 is 1.76 bits per heavy atom. The number of aromatic nitrogens is 4. The van der Waals surface area contributed by atoms with Gasteiger partial charge in [0.2, 0.25) is 17.6 Å². The van der Waals surface area contributed by atoms with E-state index in [1.54, 1.807) is 37.3 Å². The van der Waals surface area contributed by atoms with Crippen LogP contribution in [0.2, 0.25) is 5.02 Å². The van der Waals surface area contributed by atoms with E-state index in [2.05, 4.69) is 15.4 Å². The van der Waals surface area contributed by atoms with Gasteiger partial charge in [-0.15, -0.1) is 5.10 Å². The number of piperazine rings is 1. The van der Waals surface area contributed by atoms with Crippen LogP contribution in [0, 0.1) is 0 Å². The van der Waals surface area contributed by atoms with E-state index in [0.29, 0.717) is 63.0 Å². The molecule has 1 N–H and O–H groups in total. The Balaban J connectivity index is 1.49. The highest BCUT2D eigenvalue weighted by molar-refractivity contribution is 6.33. The van der Waals surface area contributed by atoms with Crippen LogP contribution < -0.4 is 20.7 Å². The van der Waals surface area contributed by atoms with Crippen molar-refractivity contribution in [3.63, 3.8) is 0 Å². The first-order valence-electron chi connectivity index (χ1n) is 14.8. The predicted molar refractivity (Wildman–Crippen MR) is 165 cm³/mol. The Bertz CT molecular complexity index is 1690. The number of carbonyl (C=O) groups excluding carboxylic acids is 2. The second kappa shape index (κ2) is 12.6. The van der Waals surface area contributed by atoms with E-state index in [0.717, 1.165) is 22.7 Å². The Morgan fingerprint density at radius 1 is 1.09 bits per heavy atom. The molecule has 13 nitrogen and oxygen atoms in total. The van der Waals surface area contributed by atoms with Gasteiger partial charge >= 0.3 is 12.3 Å². The Morgan fingerprint density at radius 3 is 2.33 bits per heavy atom. The van der Waals surface area contributed by atoms with E-state index in [4.69, 9.17) is 21.1 Å². The molecule has 2 saturated heterocycles. The number of hydrogen-bond acceptors (Lipinski definition) is 9. The molecule has 0 aliphatic carbocycles. The molecule has 0 unspecified atom stereocenters.